The van der Waals surface area contributed by atoms with Gasteiger partial charge in [-0.1, -0.05) is 12.1 Å². The van der Waals surface area contributed by atoms with Gasteiger partial charge in [0.05, 0.1) is 35.8 Å². The molecule has 1 aliphatic rings. The number of ether oxygens (including phenoxy) is 1. The van der Waals surface area contributed by atoms with Crippen molar-refractivity contribution in [2.45, 2.75) is 26.4 Å². The van der Waals surface area contributed by atoms with Gasteiger partial charge in [0.2, 0.25) is 11.9 Å². The SMILES string of the molecule is Cc1cnc(Nc2cc(C)n(C)n2)nc1-c1c[nH]c2c(NC(=O)CN3CCC(Oc4cnc(-c5cccnc5)nc4)C3)cccc12. The zero-order valence-electron chi connectivity index (χ0n) is 25.7. The van der Waals surface area contributed by atoms with Gasteiger partial charge in [-0.25, -0.2) is 19.9 Å². The van der Waals surface area contributed by atoms with Gasteiger partial charge in [0.15, 0.2) is 17.4 Å². The molecule has 0 spiro atoms. The highest BCUT2D eigenvalue weighted by Crippen LogP contribution is 2.33. The Balaban J connectivity index is 0.989. The van der Waals surface area contributed by atoms with E-state index in [1.807, 2.05) is 63.5 Å². The van der Waals surface area contributed by atoms with Crippen LogP contribution in [0.3, 0.4) is 0 Å². The number of hydrogen-bond acceptors (Lipinski definition) is 10. The first-order valence-electron chi connectivity index (χ1n) is 15.0. The first kappa shape index (κ1) is 29.0. The lowest BCUT2D eigenvalue weighted by Gasteiger charge is -2.17. The third kappa shape index (κ3) is 6.13. The number of carbonyl (C=O) groups is 1. The number of amides is 1. The minimum Gasteiger partial charge on any atom is -0.486 e. The molecule has 5 aromatic heterocycles. The van der Waals surface area contributed by atoms with Gasteiger partial charge in [-0.2, -0.15) is 5.10 Å². The lowest BCUT2D eigenvalue weighted by atomic mass is 10.1. The first-order valence-corrected chi connectivity index (χ1v) is 15.0. The summed E-state index contributed by atoms with van der Waals surface area (Å²) >= 11 is 0. The van der Waals surface area contributed by atoms with Gasteiger partial charge >= 0.3 is 0 Å². The van der Waals surface area contributed by atoms with E-state index in [0.29, 0.717) is 35.6 Å². The average molecular weight is 616 g/mol. The first-order chi connectivity index (χ1) is 22.4. The topological polar surface area (TPSA) is 152 Å². The monoisotopic (exact) mass is 615 g/mol. The van der Waals surface area contributed by atoms with E-state index in [1.165, 1.54) is 0 Å². The molecule has 6 aromatic rings. The minimum atomic E-state index is -0.0937. The Labute approximate surface area is 265 Å². The van der Waals surface area contributed by atoms with Crippen molar-refractivity contribution in [3.05, 3.63) is 84.8 Å². The standard InChI is InChI=1S/C33H33N11O2/c1-20-13-38-33(40-28-12-21(2)43(3)42-28)41-30(20)26-17-35-31-25(26)7-4-8-27(31)39-29(45)19-44-11-9-23(18-44)46-24-15-36-32(37-16-24)22-6-5-10-34-14-22/h4-8,10,12-17,23,35H,9,11,18-19H2,1-3H3,(H,39,45)(H,38,40,41,42). The number of pyridine rings is 1. The molecule has 0 aliphatic carbocycles. The van der Waals surface area contributed by atoms with Crippen molar-refractivity contribution in [2.75, 3.05) is 30.3 Å². The lowest BCUT2D eigenvalue weighted by molar-refractivity contribution is -0.117. The van der Waals surface area contributed by atoms with Crippen molar-refractivity contribution in [3.8, 4) is 28.4 Å². The second-order valence-corrected chi connectivity index (χ2v) is 11.4. The van der Waals surface area contributed by atoms with Gasteiger partial charge in [0.1, 0.15) is 6.10 Å². The fourth-order valence-electron chi connectivity index (χ4n) is 5.61. The predicted octanol–water partition coefficient (Wildman–Crippen LogP) is 4.66. The van der Waals surface area contributed by atoms with Crippen molar-refractivity contribution in [1.82, 2.24) is 44.6 Å². The van der Waals surface area contributed by atoms with Gasteiger partial charge in [0, 0.05) is 73.2 Å². The summed E-state index contributed by atoms with van der Waals surface area (Å²) in [7, 11) is 1.89. The van der Waals surface area contributed by atoms with Gasteiger partial charge < -0.3 is 20.4 Å². The summed E-state index contributed by atoms with van der Waals surface area (Å²) in [5.74, 6) is 2.24. The number of fused-ring (bicyclic) bond motifs is 1. The molecular formula is C33H33N11O2. The van der Waals surface area contributed by atoms with Crippen LogP contribution in [0.15, 0.2) is 73.6 Å². The van der Waals surface area contributed by atoms with Crippen LogP contribution < -0.4 is 15.4 Å². The third-order valence-electron chi connectivity index (χ3n) is 8.02. The Morgan fingerprint density at radius 3 is 2.74 bits per heavy atom. The molecule has 1 atom stereocenters. The smallest absolute Gasteiger partial charge is 0.238 e. The maximum Gasteiger partial charge on any atom is 0.238 e. The molecule has 0 bridgehead atoms. The van der Waals surface area contributed by atoms with Crippen molar-refractivity contribution in [3.63, 3.8) is 0 Å². The highest BCUT2D eigenvalue weighted by atomic mass is 16.5. The number of nitrogens with zero attached hydrogens (tertiary/aromatic N) is 8. The minimum absolute atomic E-state index is 0.0489. The Hall–Kier alpha value is -5.69. The number of aromatic nitrogens is 8. The Kier molecular flexibility index (Phi) is 7.81. The van der Waals surface area contributed by atoms with Crippen molar-refractivity contribution < 1.29 is 9.53 Å². The molecule has 6 heterocycles. The number of para-hydroxylation sites is 1. The van der Waals surface area contributed by atoms with Gasteiger partial charge in [-0.05, 0) is 44.0 Å². The molecule has 1 unspecified atom stereocenters. The fraction of sp³-hybridized carbons (Fsp3) is 0.242. The molecule has 1 aromatic carbocycles. The molecule has 1 fully saturated rings. The van der Waals surface area contributed by atoms with Crippen molar-refractivity contribution in [1.29, 1.82) is 0 Å². The van der Waals surface area contributed by atoms with Crippen LogP contribution in [0.4, 0.5) is 17.5 Å². The molecule has 0 radical (unpaired) electrons. The van der Waals surface area contributed by atoms with E-state index in [1.54, 1.807) is 35.7 Å². The van der Waals surface area contributed by atoms with Crippen LogP contribution in [0, 0.1) is 13.8 Å². The molecule has 46 heavy (non-hydrogen) atoms. The predicted molar refractivity (Wildman–Crippen MR) is 175 cm³/mol. The van der Waals surface area contributed by atoms with Gasteiger partial charge in [0.25, 0.3) is 0 Å². The quantitative estimate of drug-likeness (QED) is 0.209. The van der Waals surface area contributed by atoms with Crippen LogP contribution in [0.5, 0.6) is 5.75 Å². The summed E-state index contributed by atoms with van der Waals surface area (Å²) in [6.45, 7) is 5.61. The lowest BCUT2D eigenvalue weighted by Crippen LogP contribution is -2.33. The van der Waals surface area contributed by atoms with E-state index in [0.717, 1.165) is 51.9 Å². The van der Waals surface area contributed by atoms with E-state index in [4.69, 9.17) is 9.72 Å². The average Bonchev–Trinajstić information content (AvgIpc) is 3.77. The Morgan fingerprint density at radius 2 is 1.96 bits per heavy atom. The number of benzene rings is 1. The number of carbonyl (C=O) groups excluding carboxylic acids is 1. The van der Waals surface area contributed by atoms with Crippen molar-refractivity contribution >= 4 is 34.3 Å². The molecule has 13 heteroatoms. The number of likely N-dealkylation sites (tertiary alicyclic amines) is 1. The zero-order valence-corrected chi connectivity index (χ0v) is 25.7. The Bertz CT molecular complexity index is 1980. The maximum atomic E-state index is 13.2. The van der Waals surface area contributed by atoms with E-state index < -0.39 is 0 Å². The largest absolute Gasteiger partial charge is 0.486 e. The Morgan fingerprint density at radius 1 is 1.09 bits per heavy atom. The summed E-state index contributed by atoms with van der Waals surface area (Å²) in [6, 6.07) is 11.6. The van der Waals surface area contributed by atoms with E-state index in [-0.39, 0.29) is 18.6 Å². The van der Waals surface area contributed by atoms with E-state index in [2.05, 4.69) is 45.6 Å². The second kappa shape index (κ2) is 12.4. The second-order valence-electron chi connectivity index (χ2n) is 11.4. The van der Waals surface area contributed by atoms with Crippen LogP contribution in [-0.4, -0.2) is 76.2 Å². The van der Waals surface area contributed by atoms with Gasteiger partial charge in [-0.15, -0.1) is 0 Å². The fourth-order valence-corrected chi connectivity index (χ4v) is 5.61. The number of nitrogens with one attached hydrogen (secondary N) is 3. The summed E-state index contributed by atoms with van der Waals surface area (Å²) in [5, 5.41) is 11.7. The number of hydrogen-bond donors (Lipinski definition) is 3. The zero-order chi connectivity index (χ0) is 31.6. The highest BCUT2D eigenvalue weighted by molar-refractivity contribution is 6.06. The molecule has 13 nitrogen and oxygen atoms in total. The molecule has 1 saturated heterocycles. The van der Waals surface area contributed by atoms with E-state index >= 15 is 0 Å². The summed E-state index contributed by atoms with van der Waals surface area (Å²) in [5.41, 5.74) is 6.05. The van der Waals surface area contributed by atoms with Crippen LogP contribution in [0.25, 0.3) is 33.5 Å². The number of H-pyrrole nitrogens is 1. The number of anilines is 3. The van der Waals surface area contributed by atoms with Crippen LogP contribution in [0.2, 0.25) is 0 Å². The molecule has 0 saturated carbocycles. The molecule has 1 aliphatic heterocycles. The van der Waals surface area contributed by atoms with Crippen molar-refractivity contribution in [2.24, 2.45) is 7.05 Å². The summed E-state index contributed by atoms with van der Waals surface area (Å²) < 4.78 is 7.91. The number of rotatable bonds is 9. The molecular weight excluding hydrogens is 582 g/mol. The van der Waals surface area contributed by atoms with E-state index in [9.17, 15) is 4.79 Å². The normalized spacial score (nSPS) is 14.9. The maximum absolute atomic E-state index is 13.2. The number of aryl methyl sites for hydroxylation is 3. The molecule has 1 amide bonds. The van der Waals surface area contributed by atoms with Gasteiger partial charge in [-0.3, -0.25) is 19.4 Å². The summed E-state index contributed by atoms with van der Waals surface area (Å²) in [6.07, 6.45) is 11.3. The molecule has 7 rings (SSSR count). The molecule has 3 N–H and O–H groups in total. The van der Waals surface area contributed by atoms with Crippen LogP contribution in [-0.2, 0) is 11.8 Å². The van der Waals surface area contributed by atoms with Crippen LogP contribution in [0.1, 0.15) is 17.7 Å². The molecule has 232 valence electrons. The third-order valence-corrected chi connectivity index (χ3v) is 8.02. The number of aromatic amines is 1. The highest BCUT2D eigenvalue weighted by Gasteiger charge is 2.26. The summed E-state index contributed by atoms with van der Waals surface area (Å²) in [4.78, 5) is 40.8. The van der Waals surface area contributed by atoms with Crippen LogP contribution >= 0.6 is 0 Å².